The molecular weight excluding hydrogens is 326 g/mol. The van der Waals surface area contributed by atoms with Crippen LogP contribution >= 0.6 is 0 Å². The van der Waals surface area contributed by atoms with Gasteiger partial charge in [0.05, 0.1) is 0 Å². The Kier molecular flexibility index (Phi) is 4.48. The number of rotatable bonds is 1. The molecule has 1 heteroatoms. The van der Waals surface area contributed by atoms with Gasteiger partial charge in [0.15, 0.2) is 0 Å². The summed E-state index contributed by atoms with van der Waals surface area (Å²) in [5.41, 5.74) is 8.21. The summed E-state index contributed by atoms with van der Waals surface area (Å²) >= 11 is 0. The second-order valence-corrected chi connectivity index (χ2v) is 6.91. The Morgan fingerprint density at radius 3 is 2.19 bits per heavy atom. The molecular formula is C26H21N. The van der Waals surface area contributed by atoms with Crippen LogP contribution in [-0.2, 0) is 0 Å². The monoisotopic (exact) mass is 347 g/mol. The van der Waals surface area contributed by atoms with Crippen LogP contribution in [0.1, 0.15) is 27.9 Å². The summed E-state index contributed by atoms with van der Waals surface area (Å²) in [5, 5.41) is 2.43. The number of aromatic nitrogens is 1. The molecule has 0 amide bonds. The van der Waals surface area contributed by atoms with Crippen molar-refractivity contribution in [1.82, 2.24) is 4.98 Å². The van der Waals surface area contributed by atoms with Gasteiger partial charge in [0.1, 0.15) is 0 Å². The van der Waals surface area contributed by atoms with Crippen molar-refractivity contribution in [2.75, 3.05) is 0 Å². The lowest BCUT2D eigenvalue weighted by Gasteiger charge is -2.13. The molecule has 27 heavy (non-hydrogen) atoms. The van der Waals surface area contributed by atoms with Crippen molar-refractivity contribution in [1.29, 1.82) is 0 Å². The van der Waals surface area contributed by atoms with E-state index in [1.807, 2.05) is 25.3 Å². The smallest absolute Gasteiger partial charge is 0.0385 e. The van der Waals surface area contributed by atoms with Crippen LogP contribution in [0.25, 0.3) is 21.9 Å². The molecule has 1 nitrogen and oxygen atoms in total. The van der Waals surface area contributed by atoms with Crippen LogP contribution in [0.2, 0.25) is 0 Å². The van der Waals surface area contributed by atoms with E-state index in [0.29, 0.717) is 0 Å². The van der Waals surface area contributed by atoms with Gasteiger partial charge in [-0.25, -0.2) is 0 Å². The van der Waals surface area contributed by atoms with Crippen LogP contribution in [-0.4, -0.2) is 4.98 Å². The summed E-state index contributed by atoms with van der Waals surface area (Å²) in [6.07, 6.45) is 1.81. The Balaban J connectivity index is 1.89. The van der Waals surface area contributed by atoms with E-state index < -0.39 is 0 Å². The van der Waals surface area contributed by atoms with E-state index in [-0.39, 0.29) is 0 Å². The zero-order valence-corrected chi connectivity index (χ0v) is 15.9. The standard InChI is InChI=1S/C26H21N/c1-18-7-4-8-19(2)26(18)25-12-6-10-23-22(9-5-11-24(23)25)14-13-21-15-16-27-20(3)17-21/h4-12,15-17H,1-3H3. The zero-order valence-electron chi connectivity index (χ0n) is 15.9. The third kappa shape index (κ3) is 3.35. The highest BCUT2D eigenvalue weighted by molar-refractivity contribution is 6.00. The molecule has 0 aliphatic rings. The van der Waals surface area contributed by atoms with Gasteiger partial charge in [-0.15, -0.1) is 0 Å². The Labute approximate surface area is 160 Å². The van der Waals surface area contributed by atoms with E-state index in [2.05, 4.69) is 85.3 Å². The Bertz CT molecular complexity index is 1190. The second kappa shape index (κ2) is 7.09. The van der Waals surface area contributed by atoms with Crippen LogP contribution in [0.3, 0.4) is 0 Å². The summed E-state index contributed by atoms with van der Waals surface area (Å²) in [6, 6.07) is 23.3. The number of pyridine rings is 1. The Hall–Kier alpha value is -3.37. The molecule has 3 aromatic carbocycles. The molecule has 4 aromatic rings. The number of aryl methyl sites for hydroxylation is 3. The third-order valence-electron chi connectivity index (χ3n) is 4.91. The van der Waals surface area contributed by atoms with Crippen molar-refractivity contribution in [3.63, 3.8) is 0 Å². The minimum Gasteiger partial charge on any atom is -0.262 e. The Morgan fingerprint density at radius 1 is 0.704 bits per heavy atom. The van der Waals surface area contributed by atoms with Crippen LogP contribution in [0.5, 0.6) is 0 Å². The average molecular weight is 347 g/mol. The van der Waals surface area contributed by atoms with E-state index in [0.717, 1.165) is 16.8 Å². The molecule has 0 aliphatic heterocycles. The summed E-state index contributed by atoms with van der Waals surface area (Å²) in [6.45, 7) is 6.34. The molecule has 0 unspecified atom stereocenters. The second-order valence-electron chi connectivity index (χ2n) is 6.91. The fraction of sp³-hybridized carbons (Fsp3) is 0.115. The fourth-order valence-corrected chi connectivity index (χ4v) is 3.64. The minimum atomic E-state index is 0.983. The number of hydrogen-bond donors (Lipinski definition) is 0. The van der Waals surface area contributed by atoms with E-state index in [1.54, 1.807) is 0 Å². The van der Waals surface area contributed by atoms with Crippen molar-refractivity contribution in [2.45, 2.75) is 20.8 Å². The van der Waals surface area contributed by atoms with Gasteiger partial charge >= 0.3 is 0 Å². The zero-order chi connectivity index (χ0) is 18.8. The molecule has 4 rings (SSSR count). The van der Waals surface area contributed by atoms with Crippen LogP contribution < -0.4 is 0 Å². The number of fused-ring (bicyclic) bond motifs is 1. The van der Waals surface area contributed by atoms with E-state index in [1.165, 1.54) is 33.0 Å². The highest BCUT2D eigenvalue weighted by Crippen LogP contribution is 2.34. The molecule has 0 aliphatic carbocycles. The summed E-state index contributed by atoms with van der Waals surface area (Å²) < 4.78 is 0. The first-order chi connectivity index (χ1) is 13.1. The molecule has 1 aromatic heterocycles. The molecule has 0 N–H and O–H groups in total. The Morgan fingerprint density at radius 2 is 1.41 bits per heavy atom. The molecule has 0 bridgehead atoms. The first kappa shape index (κ1) is 17.1. The number of hydrogen-bond acceptors (Lipinski definition) is 1. The lowest BCUT2D eigenvalue weighted by molar-refractivity contribution is 1.19. The fourth-order valence-electron chi connectivity index (χ4n) is 3.64. The van der Waals surface area contributed by atoms with Gasteiger partial charge in [-0.1, -0.05) is 60.4 Å². The van der Waals surface area contributed by atoms with E-state index in [4.69, 9.17) is 0 Å². The van der Waals surface area contributed by atoms with Crippen molar-refractivity contribution in [2.24, 2.45) is 0 Å². The normalized spacial score (nSPS) is 10.5. The van der Waals surface area contributed by atoms with Crippen molar-refractivity contribution >= 4 is 10.8 Å². The van der Waals surface area contributed by atoms with Crippen molar-refractivity contribution in [3.05, 3.63) is 101 Å². The maximum absolute atomic E-state index is 4.24. The molecule has 0 radical (unpaired) electrons. The van der Waals surface area contributed by atoms with Crippen molar-refractivity contribution < 1.29 is 0 Å². The van der Waals surface area contributed by atoms with Gasteiger partial charge in [0.2, 0.25) is 0 Å². The number of nitrogens with zero attached hydrogens (tertiary/aromatic N) is 1. The molecule has 130 valence electrons. The molecule has 0 atom stereocenters. The van der Waals surface area contributed by atoms with Crippen molar-refractivity contribution in [3.8, 4) is 23.0 Å². The first-order valence-electron chi connectivity index (χ1n) is 9.16. The van der Waals surface area contributed by atoms with Gasteiger partial charge in [-0.05, 0) is 72.0 Å². The predicted octanol–water partition coefficient (Wildman–Crippen LogP) is 6.23. The predicted molar refractivity (Wildman–Crippen MR) is 114 cm³/mol. The summed E-state index contributed by atoms with van der Waals surface area (Å²) in [4.78, 5) is 4.24. The van der Waals surface area contributed by atoms with Crippen LogP contribution in [0, 0.1) is 32.6 Å². The van der Waals surface area contributed by atoms with Gasteiger partial charge in [0.25, 0.3) is 0 Å². The minimum absolute atomic E-state index is 0.983. The lowest BCUT2D eigenvalue weighted by atomic mass is 9.90. The van der Waals surface area contributed by atoms with E-state index in [9.17, 15) is 0 Å². The highest BCUT2D eigenvalue weighted by atomic mass is 14.6. The first-order valence-corrected chi connectivity index (χ1v) is 9.16. The SMILES string of the molecule is Cc1cc(C#Cc2cccc3c(-c4c(C)cccc4C)cccc23)ccn1. The molecule has 0 saturated heterocycles. The van der Waals surface area contributed by atoms with Crippen LogP contribution in [0.4, 0.5) is 0 Å². The molecule has 0 saturated carbocycles. The quantitative estimate of drug-likeness (QED) is 0.372. The maximum Gasteiger partial charge on any atom is 0.0385 e. The van der Waals surface area contributed by atoms with Crippen LogP contribution in [0.15, 0.2) is 72.9 Å². The van der Waals surface area contributed by atoms with Gasteiger partial charge in [-0.3, -0.25) is 4.98 Å². The lowest BCUT2D eigenvalue weighted by Crippen LogP contribution is -1.90. The van der Waals surface area contributed by atoms with Gasteiger partial charge in [-0.2, -0.15) is 0 Å². The summed E-state index contributed by atoms with van der Waals surface area (Å²) in [7, 11) is 0. The summed E-state index contributed by atoms with van der Waals surface area (Å²) in [5.74, 6) is 6.65. The van der Waals surface area contributed by atoms with E-state index >= 15 is 0 Å². The topological polar surface area (TPSA) is 12.9 Å². The molecule has 0 fully saturated rings. The number of benzene rings is 3. The molecule has 0 spiro atoms. The maximum atomic E-state index is 4.24. The average Bonchev–Trinajstić information content (AvgIpc) is 2.66. The van der Waals surface area contributed by atoms with Gasteiger partial charge < -0.3 is 0 Å². The third-order valence-corrected chi connectivity index (χ3v) is 4.91. The highest BCUT2D eigenvalue weighted by Gasteiger charge is 2.10. The molecule has 1 heterocycles. The largest absolute Gasteiger partial charge is 0.262 e. The van der Waals surface area contributed by atoms with Gasteiger partial charge in [0, 0.05) is 23.0 Å².